The van der Waals surface area contributed by atoms with Gasteiger partial charge in [0.05, 0.1) is 5.02 Å². The summed E-state index contributed by atoms with van der Waals surface area (Å²) in [5.74, 6) is 0.182. The highest BCUT2D eigenvalue weighted by Crippen LogP contribution is 2.29. The Bertz CT molecular complexity index is 945. The minimum atomic E-state index is -0.293. The van der Waals surface area contributed by atoms with E-state index in [9.17, 15) is 4.79 Å². The van der Waals surface area contributed by atoms with Crippen LogP contribution in [0, 0.1) is 0 Å². The van der Waals surface area contributed by atoms with Gasteiger partial charge in [-0.05, 0) is 24.3 Å². The summed E-state index contributed by atoms with van der Waals surface area (Å²) in [4.78, 5) is 12.5. The molecule has 4 aromatic rings. The molecule has 102 valence electrons. The maximum Gasteiger partial charge on any atom is 0.263 e. The Kier molecular flexibility index (Phi) is 2.62. The van der Waals surface area contributed by atoms with Crippen LogP contribution in [0.25, 0.3) is 21.9 Å². The molecule has 2 aromatic carbocycles. The number of carbonyl (C=O) groups excluding carboxylic acids is 1. The van der Waals surface area contributed by atoms with Gasteiger partial charge in [0, 0.05) is 10.8 Å². The van der Waals surface area contributed by atoms with Gasteiger partial charge >= 0.3 is 0 Å². The van der Waals surface area contributed by atoms with Crippen molar-refractivity contribution in [3.05, 3.63) is 71.1 Å². The molecule has 0 bridgehead atoms. The fraction of sp³-hybridized carbons (Fsp3) is 0. The fourth-order valence-electron chi connectivity index (χ4n) is 2.35. The summed E-state index contributed by atoms with van der Waals surface area (Å²) in [6.07, 6.45) is 0. The molecule has 0 aliphatic rings. The zero-order valence-corrected chi connectivity index (χ0v) is 11.6. The van der Waals surface area contributed by atoms with Crippen molar-refractivity contribution in [1.82, 2.24) is 0 Å². The topological polar surface area (TPSA) is 43.4 Å². The molecule has 0 radical (unpaired) electrons. The van der Waals surface area contributed by atoms with Gasteiger partial charge in [0.15, 0.2) is 17.1 Å². The number of furan rings is 2. The number of para-hydroxylation sites is 2. The van der Waals surface area contributed by atoms with Crippen LogP contribution in [-0.2, 0) is 0 Å². The van der Waals surface area contributed by atoms with Gasteiger partial charge in [-0.15, -0.1) is 0 Å². The van der Waals surface area contributed by atoms with Crippen LogP contribution >= 0.6 is 11.6 Å². The third-order valence-corrected chi connectivity index (χ3v) is 3.67. The van der Waals surface area contributed by atoms with Crippen LogP contribution in [0.2, 0.25) is 5.02 Å². The fourth-order valence-corrected chi connectivity index (χ4v) is 2.58. The van der Waals surface area contributed by atoms with Crippen LogP contribution in [0.5, 0.6) is 0 Å². The van der Waals surface area contributed by atoms with Crippen molar-refractivity contribution in [2.75, 3.05) is 0 Å². The predicted molar refractivity (Wildman–Crippen MR) is 80.9 cm³/mol. The minimum absolute atomic E-state index is 0.220. The van der Waals surface area contributed by atoms with E-state index in [1.54, 1.807) is 18.2 Å². The first-order valence-electron chi connectivity index (χ1n) is 6.44. The highest BCUT2D eigenvalue weighted by Gasteiger charge is 2.19. The first kappa shape index (κ1) is 12.2. The van der Waals surface area contributed by atoms with Gasteiger partial charge in [0.2, 0.25) is 0 Å². The summed E-state index contributed by atoms with van der Waals surface area (Å²) in [5.41, 5.74) is 1.19. The zero-order valence-electron chi connectivity index (χ0n) is 10.8. The summed E-state index contributed by atoms with van der Waals surface area (Å²) in [7, 11) is 0. The van der Waals surface area contributed by atoms with E-state index in [0.717, 1.165) is 10.8 Å². The Morgan fingerprint density at radius 2 is 1.57 bits per heavy atom. The summed E-state index contributed by atoms with van der Waals surface area (Å²) in [5, 5.41) is 2.16. The summed E-state index contributed by atoms with van der Waals surface area (Å²) in [6, 6.07) is 16.3. The molecule has 0 amide bonds. The van der Waals surface area contributed by atoms with Gasteiger partial charge in [-0.1, -0.05) is 41.9 Å². The molecule has 2 heterocycles. The van der Waals surface area contributed by atoms with Gasteiger partial charge in [0.25, 0.3) is 5.78 Å². The Morgan fingerprint density at radius 3 is 2.38 bits per heavy atom. The number of benzene rings is 2. The third-order valence-electron chi connectivity index (χ3n) is 3.37. The Labute approximate surface area is 124 Å². The SMILES string of the molecule is O=C(c1cc2ccccc2o1)c1cc2cccc(Cl)c2o1. The smallest absolute Gasteiger partial charge is 0.263 e. The van der Waals surface area contributed by atoms with Crippen molar-refractivity contribution in [1.29, 1.82) is 0 Å². The molecule has 0 saturated carbocycles. The number of carbonyl (C=O) groups is 1. The largest absolute Gasteiger partial charge is 0.452 e. The van der Waals surface area contributed by atoms with E-state index in [0.29, 0.717) is 16.2 Å². The van der Waals surface area contributed by atoms with E-state index < -0.39 is 0 Å². The molecule has 0 saturated heterocycles. The summed E-state index contributed by atoms with van der Waals surface area (Å²) in [6.45, 7) is 0. The lowest BCUT2D eigenvalue weighted by Gasteiger charge is -1.91. The van der Waals surface area contributed by atoms with Crippen LogP contribution in [0.15, 0.2) is 63.4 Å². The van der Waals surface area contributed by atoms with Crippen LogP contribution < -0.4 is 0 Å². The molecule has 4 heteroatoms. The Morgan fingerprint density at radius 1 is 0.857 bits per heavy atom. The number of fused-ring (bicyclic) bond motifs is 2. The quantitative estimate of drug-likeness (QED) is 0.485. The van der Waals surface area contributed by atoms with Gasteiger partial charge in [0.1, 0.15) is 5.58 Å². The highest BCUT2D eigenvalue weighted by atomic mass is 35.5. The Hall–Kier alpha value is -2.52. The third kappa shape index (κ3) is 1.94. The van der Waals surface area contributed by atoms with Crippen molar-refractivity contribution in [3.8, 4) is 0 Å². The number of ketones is 1. The first-order chi connectivity index (χ1) is 10.2. The van der Waals surface area contributed by atoms with Gasteiger partial charge in [-0.3, -0.25) is 4.79 Å². The molecule has 2 aromatic heterocycles. The number of hydrogen-bond donors (Lipinski definition) is 0. The number of hydrogen-bond acceptors (Lipinski definition) is 3. The second-order valence-corrected chi connectivity index (χ2v) is 5.15. The first-order valence-corrected chi connectivity index (χ1v) is 6.81. The predicted octanol–water partition coefficient (Wildman–Crippen LogP) is 5.06. The minimum Gasteiger partial charge on any atom is -0.452 e. The van der Waals surface area contributed by atoms with E-state index in [-0.39, 0.29) is 17.3 Å². The van der Waals surface area contributed by atoms with Crippen molar-refractivity contribution in [3.63, 3.8) is 0 Å². The van der Waals surface area contributed by atoms with Crippen molar-refractivity contribution in [2.24, 2.45) is 0 Å². The molecular formula is C17H9ClO3. The van der Waals surface area contributed by atoms with Crippen molar-refractivity contribution < 1.29 is 13.6 Å². The molecule has 0 unspecified atom stereocenters. The lowest BCUT2D eigenvalue weighted by molar-refractivity contribution is 0.0987. The maximum atomic E-state index is 12.5. The molecule has 0 aliphatic heterocycles. The second kappa shape index (κ2) is 4.50. The maximum absolute atomic E-state index is 12.5. The molecule has 0 N–H and O–H groups in total. The Balaban J connectivity index is 1.83. The second-order valence-electron chi connectivity index (χ2n) is 4.75. The van der Waals surface area contributed by atoms with Gasteiger partial charge in [-0.25, -0.2) is 0 Å². The summed E-state index contributed by atoms with van der Waals surface area (Å²) >= 11 is 6.06. The van der Waals surface area contributed by atoms with E-state index in [1.165, 1.54) is 0 Å². The van der Waals surface area contributed by atoms with E-state index in [1.807, 2.05) is 36.4 Å². The molecule has 0 atom stereocenters. The van der Waals surface area contributed by atoms with Crippen molar-refractivity contribution >= 4 is 39.3 Å². The number of rotatable bonds is 2. The number of halogens is 1. The normalized spacial score (nSPS) is 11.3. The van der Waals surface area contributed by atoms with Crippen LogP contribution in [0.3, 0.4) is 0 Å². The van der Waals surface area contributed by atoms with E-state index >= 15 is 0 Å². The van der Waals surface area contributed by atoms with Crippen LogP contribution in [0.4, 0.5) is 0 Å². The molecule has 0 spiro atoms. The molecule has 4 rings (SSSR count). The van der Waals surface area contributed by atoms with Gasteiger partial charge < -0.3 is 8.83 Å². The average Bonchev–Trinajstić information content (AvgIpc) is 3.11. The lowest BCUT2D eigenvalue weighted by Crippen LogP contribution is -1.96. The molecular weight excluding hydrogens is 288 g/mol. The van der Waals surface area contributed by atoms with Gasteiger partial charge in [-0.2, -0.15) is 0 Å². The van der Waals surface area contributed by atoms with E-state index in [4.69, 9.17) is 20.4 Å². The standard InChI is InChI=1S/C17H9ClO3/c18-12-6-3-5-11-9-15(21-17(11)12)16(19)14-8-10-4-1-2-7-13(10)20-14/h1-9H. The van der Waals surface area contributed by atoms with Crippen LogP contribution in [-0.4, -0.2) is 5.78 Å². The summed E-state index contributed by atoms with van der Waals surface area (Å²) < 4.78 is 11.1. The lowest BCUT2D eigenvalue weighted by atomic mass is 10.2. The van der Waals surface area contributed by atoms with Crippen molar-refractivity contribution in [2.45, 2.75) is 0 Å². The van der Waals surface area contributed by atoms with E-state index in [2.05, 4.69) is 0 Å². The highest BCUT2D eigenvalue weighted by molar-refractivity contribution is 6.35. The monoisotopic (exact) mass is 296 g/mol. The molecule has 0 fully saturated rings. The zero-order chi connectivity index (χ0) is 14.4. The molecule has 3 nitrogen and oxygen atoms in total. The average molecular weight is 297 g/mol. The van der Waals surface area contributed by atoms with Crippen LogP contribution in [0.1, 0.15) is 16.3 Å². The molecule has 0 aliphatic carbocycles. The molecule has 21 heavy (non-hydrogen) atoms.